The Morgan fingerprint density at radius 1 is 1.04 bits per heavy atom. The third kappa shape index (κ3) is 4.46. The first-order valence-corrected chi connectivity index (χ1v) is 9.52. The molecule has 2 heterocycles. The average Bonchev–Trinajstić information content (AvgIpc) is 3.21. The van der Waals surface area contributed by atoms with Gasteiger partial charge in [-0.3, -0.25) is 9.59 Å². The number of benzene rings is 1. The van der Waals surface area contributed by atoms with Gasteiger partial charge in [-0.05, 0) is 18.4 Å². The largest absolute Gasteiger partial charge is 0.334 e. The zero-order valence-corrected chi connectivity index (χ0v) is 15.2. The van der Waals surface area contributed by atoms with Crippen molar-refractivity contribution in [2.75, 3.05) is 32.7 Å². The molecular weight excluding hydrogens is 334 g/mol. The van der Waals surface area contributed by atoms with Crippen molar-refractivity contribution >= 4 is 23.2 Å². The Balaban J connectivity index is 1.45. The molecule has 1 fully saturated rings. The molecule has 0 saturated carbocycles. The molecule has 1 atom stereocenters. The third-order valence-electron chi connectivity index (χ3n) is 4.62. The van der Waals surface area contributed by atoms with Crippen LogP contribution in [0, 0.1) is 0 Å². The standard InChI is InChI=1S/C19H23N3O2S/c1-15(16-6-3-2-4-7-16)20-14-18(23)21-9-11-22(12-10-21)19(24)17-8-5-13-25-17/h2-8,13,15,20H,9-12,14H2,1H3/p+1/t15-/m1/s1. The SMILES string of the molecule is C[C@@H]([NH2+]CC(=O)N1CCN(C(=O)c2cccs2)CC1)c1ccccc1. The fourth-order valence-electron chi connectivity index (χ4n) is 3.01. The van der Waals surface area contributed by atoms with Crippen molar-refractivity contribution in [1.82, 2.24) is 9.80 Å². The van der Waals surface area contributed by atoms with E-state index < -0.39 is 0 Å². The van der Waals surface area contributed by atoms with Gasteiger partial charge < -0.3 is 15.1 Å². The second kappa shape index (κ2) is 8.27. The van der Waals surface area contributed by atoms with Crippen molar-refractivity contribution < 1.29 is 14.9 Å². The van der Waals surface area contributed by atoms with Gasteiger partial charge in [0.15, 0.2) is 6.54 Å². The Bertz CT molecular complexity index is 695. The molecule has 0 aliphatic carbocycles. The van der Waals surface area contributed by atoms with Crippen LogP contribution in [0.2, 0.25) is 0 Å². The number of carbonyl (C=O) groups is 2. The van der Waals surface area contributed by atoms with E-state index in [4.69, 9.17) is 0 Å². The third-order valence-corrected chi connectivity index (χ3v) is 5.48. The zero-order valence-electron chi connectivity index (χ0n) is 14.4. The molecule has 1 saturated heterocycles. The zero-order chi connectivity index (χ0) is 17.6. The normalized spacial score (nSPS) is 15.9. The highest BCUT2D eigenvalue weighted by Crippen LogP contribution is 2.14. The smallest absolute Gasteiger partial charge is 0.277 e. The molecular formula is C19H24N3O2S+. The molecule has 0 spiro atoms. The van der Waals surface area contributed by atoms with Crippen LogP contribution in [0.25, 0.3) is 0 Å². The molecule has 6 heteroatoms. The van der Waals surface area contributed by atoms with Crippen LogP contribution in [-0.4, -0.2) is 54.3 Å². The molecule has 0 radical (unpaired) electrons. The number of amides is 2. The second-order valence-electron chi connectivity index (χ2n) is 6.29. The molecule has 1 aliphatic heterocycles. The quantitative estimate of drug-likeness (QED) is 0.877. The van der Waals surface area contributed by atoms with Gasteiger partial charge in [0.05, 0.1) is 4.88 Å². The molecule has 1 aliphatic rings. The summed E-state index contributed by atoms with van der Waals surface area (Å²) in [6.07, 6.45) is 0. The first-order chi connectivity index (χ1) is 12.1. The summed E-state index contributed by atoms with van der Waals surface area (Å²) in [5, 5.41) is 3.98. The van der Waals surface area contributed by atoms with Gasteiger partial charge in [-0.25, -0.2) is 0 Å². The van der Waals surface area contributed by atoms with E-state index in [9.17, 15) is 9.59 Å². The molecule has 3 rings (SSSR count). The number of quaternary nitrogens is 1. The summed E-state index contributed by atoms with van der Waals surface area (Å²) in [6.45, 7) is 5.00. The lowest BCUT2D eigenvalue weighted by Crippen LogP contribution is -2.87. The van der Waals surface area contributed by atoms with E-state index >= 15 is 0 Å². The summed E-state index contributed by atoms with van der Waals surface area (Å²) < 4.78 is 0. The van der Waals surface area contributed by atoms with E-state index in [0.29, 0.717) is 32.7 Å². The summed E-state index contributed by atoms with van der Waals surface area (Å²) in [4.78, 5) is 29.2. The highest BCUT2D eigenvalue weighted by molar-refractivity contribution is 7.12. The van der Waals surface area contributed by atoms with Crippen LogP contribution in [0.5, 0.6) is 0 Å². The van der Waals surface area contributed by atoms with Crippen molar-refractivity contribution in [3.05, 3.63) is 58.3 Å². The van der Waals surface area contributed by atoms with E-state index in [1.165, 1.54) is 16.9 Å². The van der Waals surface area contributed by atoms with Crippen LogP contribution < -0.4 is 5.32 Å². The Labute approximate surface area is 152 Å². The minimum atomic E-state index is 0.0753. The van der Waals surface area contributed by atoms with Gasteiger partial charge in [-0.15, -0.1) is 11.3 Å². The fourth-order valence-corrected chi connectivity index (χ4v) is 3.71. The fraction of sp³-hybridized carbons (Fsp3) is 0.368. The monoisotopic (exact) mass is 358 g/mol. The second-order valence-corrected chi connectivity index (χ2v) is 7.24. The van der Waals surface area contributed by atoms with Crippen LogP contribution in [0.1, 0.15) is 28.2 Å². The van der Waals surface area contributed by atoms with Gasteiger partial charge in [0.2, 0.25) is 0 Å². The van der Waals surface area contributed by atoms with Crippen LogP contribution in [0.15, 0.2) is 47.8 Å². The van der Waals surface area contributed by atoms with Crippen molar-refractivity contribution in [3.8, 4) is 0 Å². The number of piperazine rings is 1. The average molecular weight is 358 g/mol. The predicted octanol–water partition coefficient (Wildman–Crippen LogP) is 1.36. The molecule has 2 amide bonds. The highest BCUT2D eigenvalue weighted by Gasteiger charge is 2.26. The number of rotatable bonds is 5. The van der Waals surface area contributed by atoms with Crippen molar-refractivity contribution in [2.24, 2.45) is 0 Å². The van der Waals surface area contributed by atoms with E-state index in [0.717, 1.165) is 4.88 Å². The van der Waals surface area contributed by atoms with E-state index in [1.54, 1.807) is 0 Å². The summed E-state index contributed by atoms with van der Waals surface area (Å²) in [6, 6.07) is 14.2. The van der Waals surface area contributed by atoms with Crippen LogP contribution in [0.4, 0.5) is 0 Å². The molecule has 5 nitrogen and oxygen atoms in total. The van der Waals surface area contributed by atoms with Gasteiger partial charge in [0.1, 0.15) is 6.04 Å². The number of nitrogens with two attached hydrogens (primary N) is 1. The van der Waals surface area contributed by atoms with Crippen LogP contribution >= 0.6 is 11.3 Å². The lowest BCUT2D eigenvalue weighted by molar-refractivity contribution is -0.683. The number of hydrogen-bond donors (Lipinski definition) is 1. The minimum Gasteiger partial charge on any atom is -0.334 e. The Morgan fingerprint density at radius 2 is 1.72 bits per heavy atom. The predicted molar refractivity (Wildman–Crippen MR) is 98.5 cm³/mol. The van der Waals surface area contributed by atoms with Gasteiger partial charge in [-0.1, -0.05) is 36.4 Å². The Hall–Kier alpha value is -2.18. The van der Waals surface area contributed by atoms with Crippen LogP contribution in [-0.2, 0) is 4.79 Å². The van der Waals surface area contributed by atoms with Gasteiger partial charge in [0.25, 0.3) is 11.8 Å². The van der Waals surface area contributed by atoms with E-state index in [-0.39, 0.29) is 17.9 Å². The summed E-state index contributed by atoms with van der Waals surface area (Å²) in [5.41, 5.74) is 1.22. The summed E-state index contributed by atoms with van der Waals surface area (Å²) in [5.74, 6) is 0.220. The molecule has 2 N–H and O–H groups in total. The number of thiophene rings is 1. The lowest BCUT2D eigenvalue weighted by Gasteiger charge is -2.34. The Morgan fingerprint density at radius 3 is 2.36 bits per heavy atom. The van der Waals surface area contributed by atoms with Gasteiger partial charge in [-0.2, -0.15) is 0 Å². The Kier molecular flexibility index (Phi) is 5.83. The number of carbonyl (C=O) groups excluding carboxylic acids is 2. The molecule has 0 bridgehead atoms. The molecule has 1 aromatic carbocycles. The number of hydrogen-bond acceptors (Lipinski definition) is 3. The summed E-state index contributed by atoms with van der Waals surface area (Å²) in [7, 11) is 0. The first kappa shape index (κ1) is 17.6. The topological polar surface area (TPSA) is 57.2 Å². The van der Waals surface area contributed by atoms with Crippen molar-refractivity contribution in [3.63, 3.8) is 0 Å². The number of nitrogens with zero attached hydrogens (tertiary/aromatic N) is 2. The van der Waals surface area contributed by atoms with Crippen molar-refractivity contribution in [1.29, 1.82) is 0 Å². The first-order valence-electron chi connectivity index (χ1n) is 8.64. The molecule has 2 aromatic rings. The maximum Gasteiger partial charge on any atom is 0.277 e. The van der Waals surface area contributed by atoms with Crippen LogP contribution in [0.3, 0.4) is 0 Å². The van der Waals surface area contributed by atoms with Gasteiger partial charge >= 0.3 is 0 Å². The van der Waals surface area contributed by atoms with Gasteiger partial charge in [0, 0.05) is 31.7 Å². The van der Waals surface area contributed by atoms with E-state index in [1.807, 2.05) is 45.5 Å². The van der Waals surface area contributed by atoms with Crippen molar-refractivity contribution in [2.45, 2.75) is 13.0 Å². The highest BCUT2D eigenvalue weighted by atomic mass is 32.1. The molecule has 25 heavy (non-hydrogen) atoms. The van der Waals surface area contributed by atoms with E-state index in [2.05, 4.69) is 24.4 Å². The molecule has 1 aromatic heterocycles. The maximum absolute atomic E-state index is 12.4. The molecule has 0 unspecified atom stereocenters. The molecule has 132 valence electrons. The minimum absolute atomic E-state index is 0.0753. The maximum atomic E-state index is 12.4. The lowest BCUT2D eigenvalue weighted by atomic mass is 10.1. The summed E-state index contributed by atoms with van der Waals surface area (Å²) >= 11 is 1.46.